The van der Waals surface area contributed by atoms with Gasteiger partial charge in [0.15, 0.2) is 9.84 Å². The van der Waals surface area contributed by atoms with Crippen LogP contribution in [0.5, 0.6) is 0 Å². The lowest BCUT2D eigenvalue weighted by molar-refractivity contribution is 0.0131. The number of nitrogens with one attached hydrogen (secondary N) is 1. The summed E-state index contributed by atoms with van der Waals surface area (Å²) in [6.45, 7) is 10.9. The Bertz CT molecular complexity index is 653. The van der Waals surface area contributed by atoms with E-state index in [0.29, 0.717) is 71.9 Å². The summed E-state index contributed by atoms with van der Waals surface area (Å²) in [6, 6.07) is 0.479. The van der Waals surface area contributed by atoms with E-state index in [0.717, 1.165) is 12.2 Å². The van der Waals surface area contributed by atoms with Crippen LogP contribution < -0.4 is 5.32 Å². The fraction of sp³-hybridized carbons (Fsp3) is 0.889. The van der Waals surface area contributed by atoms with Gasteiger partial charge in [-0.2, -0.15) is 0 Å². The molecular formula is C18H35N5O5S. The van der Waals surface area contributed by atoms with Gasteiger partial charge in [-0.3, -0.25) is 4.90 Å². The molecule has 0 aliphatic carbocycles. The Balaban J connectivity index is 1.43. The third kappa shape index (κ3) is 11.0. The van der Waals surface area contributed by atoms with Gasteiger partial charge < -0.3 is 19.5 Å². The van der Waals surface area contributed by atoms with Crippen LogP contribution in [0.3, 0.4) is 0 Å². The molecule has 0 spiro atoms. The molecule has 1 fully saturated rings. The largest absolute Gasteiger partial charge is 0.378 e. The van der Waals surface area contributed by atoms with E-state index in [1.165, 1.54) is 0 Å². The zero-order chi connectivity index (χ0) is 21.0. The summed E-state index contributed by atoms with van der Waals surface area (Å²) in [4.78, 5) is 2.09. The first-order valence-corrected chi connectivity index (χ1v) is 12.0. The minimum Gasteiger partial charge on any atom is -0.378 e. The topological polar surface area (TPSA) is 108 Å². The molecule has 0 aromatic carbocycles. The fourth-order valence-electron chi connectivity index (χ4n) is 2.78. The Kier molecular flexibility index (Phi) is 11.0. The van der Waals surface area contributed by atoms with Gasteiger partial charge in [0.1, 0.15) is 0 Å². The molecule has 2 rings (SSSR count). The highest BCUT2D eigenvalue weighted by molar-refractivity contribution is 7.91. The van der Waals surface area contributed by atoms with Crippen molar-refractivity contribution in [2.24, 2.45) is 0 Å². The quantitative estimate of drug-likeness (QED) is 0.368. The first-order chi connectivity index (χ1) is 13.9. The highest BCUT2D eigenvalue weighted by atomic mass is 32.2. The van der Waals surface area contributed by atoms with E-state index in [4.69, 9.17) is 14.2 Å². The van der Waals surface area contributed by atoms with Crippen LogP contribution in [0.15, 0.2) is 6.20 Å². The molecule has 0 unspecified atom stereocenters. The first kappa shape index (κ1) is 24.2. The molecule has 2 heterocycles. The fourth-order valence-corrected chi connectivity index (χ4v) is 4.05. The van der Waals surface area contributed by atoms with Crippen LogP contribution in [0.4, 0.5) is 0 Å². The van der Waals surface area contributed by atoms with E-state index in [9.17, 15) is 8.42 Å². The van der Waals surface area contributed by atoms with Crippen molar-refractivity contribution in [1.29, 1.82) is 0 Å². The Morgan fingerprint density at radius 1 is 1.03 bits per heavy atom. The summed E-state index contributed by atoms with van der Waals surface area (Å²) in [6.07, 6.45) is 1.88. The molecule has 1 saturated heterocycles. The van der Waals surface area contributed by atoms with E-state index in [1.807, 2.05) is 6.20 Å². The van der Waals surface area contributed by atoms with Gasteiger partial charge in [0, 0.05) is 38.4 Å². The minimum atomic E-state index is -2.85. The van der Waals surface area contributed by atoms with Crippen molar-refractivity contribution in [3.8, 4) is 0 Å². The van der Waals surface area contributed by atoms with Crippen molar-refractivity contribution in [3.05, 3.63) is 11.9 Å². The molecule has 0 saturated carbocycles. The van der Waals surface area contributed by atoms with Crippen LogP contribution in [-0.2, 0) is 37.1 Å². The second-order valence-electron chi connectivity index (χ2n) is 7.35. The van der Waals surface area contributed by atoms with Crippen LogP contribution in [0, 0.1) is 0 Å². The summed E-state index contributed by atoms with van der Waals surface area (Å²) in [5.74, 6) is 0.441. The lowest BCUT2D eigenvalue weighted by Crippen LogP contribution is -2.39. The SMILES string of the molecule is CC(C)NCCOCCOCCOCCn1cc(CN2CCS(=O)(=O)CC2)nn1. The molecule has 1 aromatic rings. The molecule has 29 heavy (non-hydrogen) atoms. The van der Waals surface area contributed by atoms with E-state index >= 15 is 0 Å². The van der Waals surface area contributed by atoms with Gasteiger partial charge in [-0.1, -0.05) is 19.1 Å². The second-order valence-corrected chi connectivity index (χ2v) is 9.65. The second kappa shape index (κ2) is 13.2. The average Bonchev–Trinajstić information content (AvgIpc) is 3.11. The van der Waals surface area contributed by atoms with Gasteiger partial charge in [0.2, 0.25) is 0 Å². The Hall–Kier alpha value is -1.11. The third-order valence-electron chi connectivity index (χ3n) is 4.42. The maximum Gasteiger partial charge on any atom is 0.152 e. The molecule has 1 aliphatic rings. The number of sulfone groups is 1. The Morgan fingerprint density at radius 2 is 1.66 bits per heavy atom. The van der Waals surface area contributed by atoms with Crippen LogP contribution in [-0.4, -0.2) is 105 Å². The molecule has 0 radical (unpaired) electrons. The number of hydrogen-bond acceptors (Lipinski definition) is 9. The number of ether oxygens (including phenoxy) is 3. The normalized spacial score (nSPS) is 17.2. The van der Waals surface area contributed by atoms with Gasteiger partial charge >= 0.3 is 0 Å². The van der Waals surface area contributed by atoms with Crippen LogP contribution in [0.2, 0.25) is 0 Å². The zero-order valence-corrected chi connectivity index (χ0v) is 18.4. The van der Waals surface area contributed by atoms with Crippen molar-refractivity contribution >= 4 is 9.84 Å². The van der Waals surface area contributed by atoms with Gasteiger partial charge in [-0.25, -0.2) is 13.1 Å². The molecule has 10 nitrogen and oxygen atoms in total. The molecule has 168 valence electrons. The highest BCUT2D eigenvalue weighted by Gasteiger charge is 2.22. The molecular weight excluding hydrogens is 398 g/mol. The third-order valence-corrected chi connectivity index (χ3v) is 6.03. The molecule has 1 aliphatic heterocycles. The molecule has 1 aromatic heterocycles. The molecule has 1 N–H and O–H groups in total. The van der Waals surface area contributed by atoms with Crippen molar-refractivity contribution < 1.29 is 22.6 Å². The lowest BCUT2D eigenvalue weighted by atomic mass is 10.4. The first-order valence-electron chi connectivity index (χ1n) is 10.2. The van der Waals surface area contributed by atoms with Crippen molar-refractivity contribution in [2.45, 2.75) is 33.0 Å². The predicted octanol–water partition coefficient (Wildman–Crippen LogP) is -0.444. The van der Waals surface area contributed by atoms with Crippen LogP contribution >= 0.6 is 0 Å². The standard InChI is InChI=1S/C18H35N5O5S/c1-17(2)19-3-7-26-9-11-28-12-10-27-8-4-23-16-18(20-21-23)15-22-5-13-29(24,25)14-6-22/h16-17,19H,3-15H2,1-2H3. The van der Waals surface area contributed by atoms with E-state index in [2.05, 4.69) is 34.4 Å². The van der Waals surface area contributed by atoms with Crippen molar-refractivity contribution in [1.82, 2.24) is 25.2 Å². The van der Waals surface area contributed by atoms with Gasteiger partial charge in [0.05, 0.1) is 63.4 Å². The number of hydrogen-bond donors (Lipinski definition) is 1. The smallest absolute Gasteiger partial charge is 0.152 e. The number of nitrogens with zero attached hydrogens (tertiary/aromatic N) is 4. The molecule has 11 heteroatoms. The van der Waals surface area contributed by atoms with E-state index in [-0.39, 0.29) is 11.5 Å². The summed E-state index contributed by atoms with van der Waals surface area (Å²) in [7, 11) is -2.85. The summed E-state index contributed by atoms with van der Waals surface area (Å²) in [5, 5.41) is 11.5. The van der Waals surface area contributed by atoms with Crippen molar-refractivity contribution in [2.75, 3.05) is 70.8 Å². The van der Waals surface area contributed by atoms with Gasteiger partial charge in [0.25, 0.3) is 0 Å². The lowest BCUT2D eigenvalue weighted by Gasteiger charge is -2.25. The zero-order valence-electron chi connectivity index (χ0n) is 17.6. The summed E-state index contributed by atoms with van der Waals surface area (Å²) >= 11 is 0. The van der Waals surface area contributed by atoms with Crippen LogP contribution in [0.1, 0.15) is 19.5 Å². The van der Waals surface area contributed by atoms with Gasteiger partial charge in [-0.05, 0) is 0 Å². The number of aromatic nitrogens is 3. The molecule has 0 atom stereocenters. The van der Waals surface area contributed by atoms with Crippen LogP contribution in [0.25, 0.3) is 0 Å². The molecule has 0 amide bonds. The Morgan fingerprint density at radius 3 is 2.31 bits per heavy atom. The maximum atomic E-state index is 11.5. The highest BCUT2D eigenvalue weighted by Crippen LogP contribution is 2.07. The summed E-state index contributed by atoms with van der Waals surface area (Å²) < 4.78 is 41.1. The number of rotatable bonds is 15. The van der Waals surface area contributed by atoms with E-state index in [1.54, 1.807) is 4.68 Å². The molecule has 0 bridgehead atoms. The monoisotopic (exact) mass is 433 g/mol. The minimum absolute atomic E-state index is 0.221. The average molecular weight is 434 g/mol. The van der Waals surface area contributed by atoms with E-state index < -0.39 is 9.84 Å². The Labute approximate surface area is 173 Å². The predicted molar refractivity (Wildman–Crippen MR) is 110 cm³/mol. The van der Waals surface area contributed by atoms with Crippen molar-refractivity contribution in [3.63, 3.8) is 0 Å². The van der Waals surface area contributed by atoms with Gasteiger partial charge in [-0.15, -0.1) is 5.10 Å². The maximum absolute atomic E-state index is 11.5. The summed E-state index contributed by atoms with van der Waals surface area (Å²) in [5.41, 5.74) is 0.844.